The minimum Gasteiger partial charge on any atom is -0.493 e. The number of carbonyl (C=O) groups excluding carboxylic acids is 1. The zero-order valence-electron chi connectivity index (χ0n) is 18.3. The molecule has 4 rings (SSSR count). The molecule has 0 aliphatic rings. The lowest BCUT2D eigenvalue weighted by molar-refractivity contribution is 0.0932. The van der Waals surface area contributed by atoms with E-state index < -0.39 is 23.2 Å². The first-order valence-corrected chi connectivity index (χ1v) is 10.2. The number of carbonyl (C=O) groups is 1. The Morgan fingerprint density at radius 3 is 2.39 bits per heavy atom. The van der Waals surface area contributed by atoms with E-state index in [4.69, 9.17) is 9.47 Å². The summed E-state index contributed by atoms with van der Waals surface area (Å²) < 4.78 is 25.5. The zero-order valence-corrected chi connectivity index (χ0v) is 18.3. The van der Waals surface area contributed by atoms with E-state index in [-0.39, 0.29) is 5.69 Å². The number of aromatic nitrogens is 2. The third-order valence-corrected chi connectivity index (χ3v) is 5.33. The Balaban J connectivity index is 1.73. The van der Waals surface area contributed by atoms with Crippen molar-refractivity contribution in [2.24, 2.45) is 0 Å². The van der Waals surface area contributed by atoms with Crippen LogP contribution in [0.1, 0.15) is 29.0 Å². The number of hydrogen-bond donors (Lipinski definition) is 1. The van der Waals surface area contributed by atoms with Gasteiger partial charge in [0.25, 0.3) is 5.91 Å². The number of halogens is 1. The van der Waals surface area contributed by atoms with Gasteiger partial charge in [-0.05, 0) is 61.0 Å². The summed E-state index contributed by atoms with van der Waals surface area (Å²) in [6.07, 6.45) is 0. The average Bonchev–Trinajstić information content (AvgIpc) is 2.84. The molecule has 0 saturated carbocycles. The van der Waals surface area contributed by atoms with Gasteiger partial charge in [0.1, 0.15) is 5.82 Å². The summed E-state index contributed by atoms with van der Waals surface area (Å²) in [7, 11) is 3.07. The monoisotopic (exact) mass is 447 g/mol. The maximum absolute atomic E-state index is 13.4. The molecule has 0 aliphatic heterocycles. The molecule has 3 aromatic carbocycles. The summed E-state index contributed by atoms with van der Waals surface area (Å²) in [5.74, 6) is 0.0754. The smallest absolute Gasteiger partial charge is 0.276 e. The average molecular weight is 447 g/mol. The Labute approximate surface area is 189 Å². The molecule has 0 saturated heterocycles. The maximum Gasteiger partial charge on any atom is 0.276 e. The van der Waals surface area contributed by atoms with Crippen LogP contribution in [-0.4, -0.2) is 29.9 Å². The second-order valence-electron chi connectivity index (χ2n) is 7.39. The van der Waals surface area contributed by atoms with Crippen LogP contribution in [0.5, 0.6) is 11.5 Å². The molecule has 0 radical (unpaired) electrons. The first-order chi connectivity index (χ1) is 15.9. The van der Waals surface area contributed by atoms with E-state index in [0.717, 1.165) is 5.56 Å². The van der Waals surface area contributed by atoms with E-state index in [1.54, 1.807) is 56.5 Å². The van der Waals surface area contributed by atoms with Gasteiger partial charge in [0.2, 0.25) is 5.43 Å². The fourth-order valence-corrected chi connectivity index (χ4v) is 3.58. The van der Waals surface area contributed by atoms with Gasteiger partial charge in [0.15, 0.2) is 17.2 Å². The number of amides is 1. The molecule has 168 valence electrons. The molecule has 7 nitrogen and oxygen atoms in total. The molecule has 1 aromatic heterocycles. The van der Waals surface area contributed by atoms with Crippen molar-refractivity contribution in [2.75, 3.05) is 14.2 Å². The van der Waals surface area contributed by atoms with Crippen LogP contribution in [0.25, 0.3) is 16.6 Å². The zero-order chi connectivity index (χ0) is 23.5. The van der Waals surface area contributed by atoms with E-state index in [2.05, 4.69) is 10.4 Å². The summed E-state index contributed by atoms with van der Waals surface area (Å²) in [5, 5.41) is 7.49. The van der Waals surface area contributed by atoms with Crippen LogP contribution in [0.3, 0.4) is 0 Å². The quantitative estimate of drug-likeness (QED) is 0.483. The second-order valence-corrected chi connectivity index (χ2v) is 7.39. The van der Waals surface area contributed by atoms with Crippen LogP contribution < -0.4 is 20.2 Å². The molecule has 0 bridgehead atoms. The lowest BCUT2D eigenvalue weighted by Gasteiger charge is -2.17. The van der Waals surface area contributed by atoms with E-state index in [9.17, 15) is 14.0 Å². The fraction of sp³-hybridized carbons (Fsp3) is 0.160. The minimum absolute atomic E-state index is 0.259. The van der Waals surface area contributed by atoms with Crippen molar-refractivity contribution >= 4 is 16.8 Å². The summed E-state index contributed by atoms with van der Waals surface area (Å²) in [5.41, 5.74) is 1.06. The van der Waals surface area contributed by atoms with Crippen molar-refractivity contribution in [3.63, 3.8) is 0 Å². The first-order valence-electron chi connectivity index (χ1n) is 10.2. The Bertz CT molecular complexity index is 1380. The highest BCUT2D eigenvalue weighted by Crippen LogP contribution is 2.30. The second kappa shape index (κ2) is 9.12. The lowest BCUT2D eigenvalue weighted by Crippen LogP contribution is -2.33. The SMILES string of the molecule is COc1ccc(C(C)NC(=O)c2nn(-c3ccc(F)cc3)c3ccccc3c2=O)cc1OC. The molecule has 0 spiro atoms. The Hall–Kier alpha value is -4.20. The van der Waals surface area contributed by atoms with Crippen molar-refractivity contribution in [1.82, 2.24) is 15.1 Å². The molecular weight excluding hydrogens is 425 g/mol. The fourth-order valence-electron chi connectivity index (χ4n) is 3.58. The van der Waals surface area contributed by atoms with Crippen LogP contribution in [0.2, 0.25) is 0 Å². The predicted octanol–water partition coefficient (Wildman–Crippen LogP) is 4.03. The van der Waals surface area contributed by atoms with E-state index in [1.807, 2.05) is 0 Å². The van der Waals surface area contributed by atoms with Crippen LogP contribution in [0.15, 0.2) is 71.5 Å². The third-order valence-electron chi connectivity index (χ3n) is 5.33. The third kappa shape index (κ3) is 4.27. The number of ether oxygens (including phenoxy) is 2. The largest absolute Gasteiger partial charge is 0.493 e. The molecule has 33 heavy (non-hydrogen) atoms. The molecule has 1 amide bonds. The highest BCUT2D eigenvalue weighted by Gasteiger charge is 2.21. The molecule has 1 unspecified atom stereocenters. The number of rotatable bonds is 6. The van der Waals surface area contributed by atoms with Gasteiger partial charge in [0.05, 0.1) is 36.9 Å². The minimum atomic E-state index is -0.621. The highest BCUT2D eigenvalue weighted by molar-refractivity contribution is 5.95. The summed E-state index contributed by atoms with van der Waals surface area (Å²) >= 11 is 0. The molecule has 4 aromatic rings. The molecular formula is C25H22FN3O4. The number of benzene rings is 3. The topological polar surface area (TPSA) is 82.5 Å². The molecule has 1 N–H and O–H groups in total. The summed E-state index contributed by atoms with van der Waals surface area (Å²) in [6, 6.07) is 17.4. The molecule has 1 heterocycles. The number of hydrogen-bond acceptors (Lipinski definition) is 5. The molecule has 0 fully saturated rings. The van der Waals surface area contributed by atoms with Crippen molar-refractivity contribution < 1.29 is 18.7 Å². The number of methoxy groups -OCH3 is 2. The van der Waals surface area contributed by atoms with Gasteiger partial charge in [0, 0.05) is 0 Å². The van der Waals surface area contributed by atoms with Crippen LogP contribution in [0.4, 0.5) is 4.39 Å². The van der Waals surface area contributed by atoms with Gasteiger partial charge in [-0.1, -0.05) is 18.2 Å². The number of nitrogens with one attached hydrogen (secondary N) is 1. The van der Waals surface area contributed by atoms with Crippen molar-refractivity contribution in [3.05, 3.63) is 94.0 Å². The molecule has 1 atom stereocenters. The van der Waals surface area contributed by atoms with Crippen LogP contribution in [-0.2, 0) is 0 Å². The summed E-state index contributed by atoms with van der Waals surface area (Å²) in [4.78, 5) is 26.2. The van der Waals surface area contributed by atoms with Gasteiger partial charge in [-0.3, -0.25) is 9.59 Å². The van der Waals surface area contributed by atoms with Crippen LogP contribution >= 0.6 is 0 Å². The van der Waals surface area contributed by atoms with Crippen LogP contribution in [0, 0.1) is 5.82 Å². The lowest BCUT2D eigenvalue weighted by atomic mass is 10.1. The first kappa shape index (κ1) is 22.0. The van der Waals surface area contributed by atoms with Crippen molar-refractivity contribution in [2.45, 2.75) is 13.0 Å². The predicted molar refractivity (Wildman–Crippen MR) is 123 cm³/mol. The van der Waals surface area contributed by atoms with E-state index in [1.165, 1.54) is 36.1 Å². The molecule has 8 heteroatoms. The van der Waals surface area contributed by atoms with Crippen molar-refractivity contribution in [3.8, 4) is 17.2 Å². The summed E-state index contributed by atoms with van der Waals surface area (Å²) in [6.45, 7) is 1.79. The number of fused-ring (bicyclic) bond motifs is 1. The normalized spacial score (nSPS) is 11.8. The Morgan fingerprint density at radius 1 is 1.00 bits per heavy atom. The molecule has 0 aliphatic carbocycles. The van der Waals surface area contributed by atoms with E-state index in [0.29, 0.717) is 28.1 Å². The van der Waals surface area contributed by atoms with Gasteiger partial charge in [-0.25, -0.2) is 9.07 Å². The van der Waals surface area contributed by atoms with Gasteiger partial charge >= 0.3 is 0 Å². The standard InChI is InChI=1S/C25H22FN3O4/c1-15(16-8-13-21(32-2)22(14-16)33-3)27-25(31)23-24(30)19-6-4-5-7-20(19)29(28-23)18-11-9-17(26)10-12-18/h4-15H,1-3H3,(H,27,31). The van der Waals surface area contributed by atoms with E-state index >= 15 is 0 Å². The van der Waals surface area contributed by atoms with Gasteiger partial charge < -0.3 is 14.8 Å². The highest BCUT2D eigenvalue weighted by atomic mass is 19.1. The Kier molecular flexibility index (Phi) is 6.08. The van der Waals surface area contributed by atoms with Gasteiger partial charge in [-0.15, -0.1) is 0 Å². The van der Waals surface area contributed by atoms with Gasteiger partial charge in [-0.2, -0.15) is 5.10 Å². The number of para-hydroxylation sites is 1. The Morgan fingerprint density at radius 2 is 1.70 bits per heavy atom. The number of nitrogens with zero attached hydrogens (tertiary/aromatic N) is 2. The van der Waals surface area contributed by atoms with Crippen molar-refractivity contribution in [1.29, 1.82) is 0 Å². The maximum atomic E-state index is 13.4.